The number of ether oxygens (including phenoxy) is 1. The van der Waals surface area contributed by atoms with E-state index in [9.17, 15) is 0 Å². The van der Waals surface area contributed by atoms with Crippen LogP contribution in [-0.4, -0.2) is 24.6 Å². The Hall–Kier alpha value is -0.830. The largest absolute Gasteiger partial charge is 0.411 e. The molecule has 0 aliphatic carbocycles. The molecule has 0 aliphatic rings. The van der Waals surface area contributed by atoms with Gasteiger partial charge in [-0.2, -0.15) is 0 Å². The topological polar surface area (TPSA) is 41.8 Å². The van der Waals surface area contributed by atoms with Crippen molar-refractivity contribution < 1.29 is 9.94 Å². The highest BCUT2D eigenvalue weighted by Gasteiger charge is 1.79. The minimum absolute atomic E-state index is 0.555. The Morgan fingerprint density at radius 3 is 3.00 bits per heavy atom. The molecule has 0 radical (unpaired) electrons. The lowest BCUT2D eigenvalue weighted by atomic mass is 10.5. The smallest absolute Gasteiger partial charge is 0.0644 e. The second-order valence-corrected chi connectivity index (χ2v) is 1.45. The van der Waals surface area contributed by atoms with E-state index in [0.717, 1.165) is 0 Å². The lowest BCUT2D eigenvalue weighted by Crippen LogP contribution is -1.93. The van der Waals surface area contributed by atoms with Crippen molar-refractivity contribution in [3.05, 3.63) is 12.7 Å². The van der Waals surface area contributed by atoms with Crippen molar-refractivity contribution in [2.75, 3.05) is 13.2 Å². The van der Waals surface area contributed by atoms with Gasteiger partial charge < -0.3 is 9.94 Å². The van der Waals surface area contributed by atoms with Crippen molar-refractivity contribution in [1.82, 2.24) is 0 Å². The van der Waals surface area contributed by atoms with Crippen molar-refractivity contribution in [3.63, 3.8) is 0 Å². The van der Waals surface area contributed by atoms with Crippen molar-refractivity contribution in [2.24, 2.45) is 5.16 Å². The van der Waals surface area contributed by atoms with Crippen molar-refractivity contribution >= 4 is 6.21 Å². The number of rotatable bonds is 5. The Balaban J connectivity index is 2.82. The molecule has 0 heterocycles. The molecule has 3 heteroatoms. The van der Waals surface area contributed by atoms with E-state index in [2.05, 4.69) is 11.7 Å². The van der Waals surface area contributed by atoms with Crippen LogP contribution in [0.2, 0.25) is 0 Å². The lowest BCUT2D eigenvalue weighted by Gasteiger charge is -1.93. The molecular weight excluding hydrogens is 118 g/mol. The van der Waals surface area contributed by atoms with Crippen LogP contribution >= 0.6 is 0 Å². The molecule has 0 amide bonds. The molecule has 0 saturated carbocycles. The van der Waals surface area contributed by atoms with Crippen molar-refractivity contribution in [2.45, 2.75) is 6.42 Å². The van der Waals surface area contributed by atoms with Gasteiger partial charge in [0.1, 0.15) is 0 Å². The first-order valence-electron chi connectivity index (χ1n) is 2.76. The van der Waals surface area contributed by atoms with Gasteiger partial charge in [0.15, 0.2) is 0 Å². The van der Waals surface area contributed by atoms with Crippen LogP contribution in [0, 0.1) is 0 Å². The van der Waals surface area contributed by atoms with Gasteiger partial charge in [0, 0.05) is 12.6 Å². The molecule has 0 unspecified atom stereocenters. The molecular formula is C6H11NO2. The molecule has 0 saturated heterocycles. The molecule has 0 aromatic rings. The van der Waals surface area contributed by atoms with Gasteiger partial charge in [0.25, 0.3) is 0 Å². The molecule has 0 aliphatic heterocycles. The van der Waals surface area contributed by atoms with Crippen LogP contribution in [0.5, 0.6) is 0 Å². The Morgan fingerprint density at radius 2 is 2.44 bits per heavy atom. The highest BCUT2D eigenvalue weighted by Crippen LogP contribution is 1.78. The Kier molecular flexibility index (Phi) is 6.51. The number of oxime groups is 1. The monoisotopic (exact) mass is 129 g/mol. The predicted octanol–water partition coefficient (Wildman–Crippen LogP) is 1.04. The first kappa shape index (κ1) is 8.17. The molecule has 52 valence electrons. The van der Waals surface area contributed by atoms with E-state index < -0.39 is 0 Å². The first-order chi connectivity index (χ1) is 4.41. The minimum Gasteiger partial charge on any atom is -0.411 e. The maximum Gasteiger partial charge on any atom is 0.0644 e. The lowest BCUT2D eigenvalue weighted by molar-refractivity contribution is 0.170. The molecule has 0 rings (SSSR count). The summed E-state index contributed by atoms with van der Waals surface area (Å²) in [4.78, 5) is 0. The van der Waals surface area contributed by atoms with Gasteiger partial charge in [0.2, 0.25) is 0 Å². The fourth-order valence-electron chi connectivity index (χ4n) is 0.360. The van der Waals surface area contributed by atoms with Crippen LogP contribution in [0.4, 0.5) is 0 Å². The predicted molar refractivity (Wildman–Crippen MR) is 35.9 cm³/mol. The fraction of sp³-hybridized carbons (Fsp3) is 0.500. The van der Waals surface area contributed by atoms with Crippen molar-refractivity contribution in [3.8, 4) is 0 Å². The summed E-state index contributed by atoms with van der Waals surface area (Å²) in [6.07, 6.45) is 3.71. The minimum atomic E-state index is 0.555. The van der Waals surface area contributed by atoms with Gasteiger partial charge >= 0.3 is 0 Å². The van der Waals surface area contributed by atoms with Gasteiger partial charge in [-0.05, 0) is 0 Å². The normalized spacial score (nSPS) is 10.2. The summed E-state index contributed by atoms with van der Waals surface area (Å²) < 4.78 is 4.96. The molecule has 0 atom stereocenters. The maximum atomic E-state index is 7.92. The van der Waals surface area contributed by atoms with E-state index in [1.807, 2.05) is 0 Å². The highest BCUT2D eigenvalue weighted by atomic mass is 16.5. The SMILES string of the molecule is C=CCOCC/C=N\O. The van der Waals surface area contributed by atoms with Crippen LogP contribution in [0.25, 0.3) is 0 Å². The molecule has 9 heavy (non-hydrogen) atoms. The maximum absolute atomic E-state index is 7.92. The second-order valence-electron chi connectivity index (χ2n) is 1.45. The van der Waals surface area contributed by atoms with Gasteiger partial charge in [-0.15, -0.1) is 11.7 Å². The average Bonchev–Trinajstić information content (AvgIpc) is 1.89. The summed E-state index contributed by atoms with van der Waals surface area (Å²) in [7, 11) is 0. The van der Waals surface area contributed by atoms with Gasteiger partial charge in [-0.1, -0.05) is 6.08 Å². The van der Waals surface area contributed by atoms with Gasteiger partial charge in [-0.25, -0.2) is 0 Å². The number of hydrogen-bond donors (Lipinski definition) is 1. The van der Waals surface area contributed by atoms with Crippen LogP contribution in [0.1, 0.15) is 6.42 Å². The quantitative estimate of drug-likeness (QED) is 0.198. The third kappa shape index (κ3) is 7.17. The Bertz CT molecular complexity index is 91.1. The van der Waals surface area contributed by atoms with Crippen LogP contribution in [-0.2, 0) is 4.74 Å². The standard InChI is InChI=1S/C6H11NO2/c1-2-5-9-6-3-4-7-8/h2,4,8H,1,3,5-6H2/b7-4-. The summed E-state index contributed by atoms with van der Waals surface area (Å²) in [5.41, 5.74) is 0. The van der Waals surface area contributed by atoms with Crippen LogP contribution in [0.15, 0.2) is 17.8 Å². The molecule has 3 nitrogen and oxygen atoms in total. The molecule has 0 bridgehead atoms. The summed E-state index contributed by atoms with van der Waals surface area (Å²) >= 11 is 0. The Labute approximate surface area is 54.6 Å². The third-order valence-corrected chi connectivity index (χ3v) is 0.709. The van der Waals surface area contributed by atoms with E-state index in [1.165, 1.54) is 6.21 Å². The average molecular weight is 129 g/mol. The summed E-state index contributed by atoms with van der Waals surface area (Å²) in [6, 6.07) is 0. The number of hydrogen-bond acceptors (Lipinski definition) is 3. The van der Waals surface area contributed by atoms with E-state index in [0.29, 0.717) is 19.6 Å². The number of nitrogens with zero attached hydrogens (tertiary/aromatic N) is 1. The zero-order valence-electron chi connectivity index (χ0n) is 5.29. The van der Waals surface area contributed by atoms with Gasteiger partial charge in [0.05, 0.1) is 13.2 Å². The fourth-order valence-corrected chi connectivity index (χ4v) is 0.360. The Morgan fingerprint density at radius 1 is 1.67 bits per heavy atom. The van der Waals surface area contributed by atoms with E-state index in [-0.39, 0.29) is 0 Å². The summed E-state index contributed by atoms with van der Waals surface area (Å²) in [5.74, 6) is 0. The van der Waals surface area contributed by atoms with Gasteiger partial charge in [-0.3, -0.25) is 0 Å². The zero-order valence-corrected chi connectivity index (χ0v) is 5.29. The zero-order chi connectivity index (χ0) is 6.95. The second kappa shape index (κ2) is 7.17. The van der Waals surface area contributed by atoms with E-state index in [4.69, 9.17) is 9.94 Å². The van der Waals surface area contributed by atoms with Crippen LogP contribution < -0.4 is 0 Å². The van der Waals surface area contributed by atoms with E-state index in [1.54, 1.807) is 6.08 Å². The molecule has 0 aromatic heterocycles. The first-order valence-corrected chi connectivity index (χ1v) is 2.76. The highest BCUT2D eigenvalue weighted by molar-refractivity contribution is 5.56. The summed E-state index contributed by atoms with van der Waals surface area (Å²) in [6.45, 7) is 4.60. The molecule has 0 fully saturated rings. The summed E-state index contributed by atoms with van der Waals surface area (Å²) in [5, 5.41) is 10.7. The molecule has 0 spiro atoms. The van der Waals surface area contributed by atoms with E-state index >= 15 is 0 Å². The van der Waals surface area contributed by atoms with Crippen molar-refractivity contribution in [1.29, 1.82) is 0 Å². The van der Waals surface area contributed by atoms with Crippen LogP contribution in [0.3, 0.4) is 0 Å². The third-order valence-electron chi connectivity index (χ3n) is 0.709. The molecule has 0 aromatic carbocycles. The molecule has 1 N–H and O–H groups in total.